The summed E-state index contributed by atoms with van der Waals surface area (Å²) in [6.07, 6.45) is 0. The molecular weight excluding hydrogens is 240 g/mol. The predicted molar refractivity (Wildman–Crippen MR) is 67.8 cm³/mol. The maximum absolute atomic E-state index is 11.9. The summed E-state index contributed by atoms with van der Waals surface area (Å²) in [5, 5.41) is 6.24. The second-order valence-electron chi connectivity index (χ2n) is 3.66. The second kappa shape index (κ2) is 5.10. The Morgan fingerprint density at radius 1 is 1.59 bits per heavy atom. The van der Waals surface area contributed by atoms with E-state index in [1.807, 2.05) is 12.1 Å². The average Bonchev–Trinajstić information content (AvgIpc) is 2.35. The number of hydrogen-bond donors (Lipinski definition) is 2. The molecule has 17 heavy (non-hydrogen) atoms. The first-order valence-electron chi connectivity index (χ1n) is 5.29. The Hall–Kier alpha value is -1.68. The molecule has 0 aliphatic carbocycles. The van der Waals surface area contributed by atoms with Crippen LogP contribution in [-0.2, 0) is 0 Å². The summed E-state index contributed by atoms with van der Waals surface area (Å²) in [4.78, 5) is 11.9. The van der Waals surface area contributed by atoms with Crippen LogP contribution in [0.4, 0.5) is 5.69 Å². The van der Waals surface area contributed by atoms with Gasteiger partial charge in [0.2, 0.25) is 0 Å². The fourth-order valence-corrected chi connectivity index (χ4v) is 1.69. The van der Waals surface area contributed by atoms with E-state index in [2.05, 4.69) is 17.2 Å². The van der Waals surface area contributed by atoms with E-state index in [0.717, 1.165) is 12.2 Å². The van der Waals surface area contributed by atoms with Crippen molar-refractivity contribution in [2.75, 3.05) is 25.0 Å². The summed E-state index contributed by atoms with van der Waals surface area (Å²) in [6, 6.07) is 5.41. The monoisotopic (exact) mass is 252 g/mol. The average molecular weight is 253 g/mol. The number of para-hydroxylation sites is 1. The van der Waals surface area contributed by atoms with Crippen LogP contribution >= 0.6 is 11.6 Å². The highest BCUT2D eigenvalue weighted by Crippen LogP contribution is 2.30. The number of halogens is 1. The minimum atomic E-state index is -0.215. The van der Waals surface area contributed by atoms with Gasteiger partial charge < -0.3 is 15.4 Å². The molecule has 0 atom stereocenters. The molecule has 1 amide bonds. The molecule has 1 aliphatic heterocycles. The Kier molecular flexibility index (Phi) is 3.54. The van der Waals surface area contributed by atoms with E-state index in [1.54, 1.807) is 6.07 Å². The van der Waals surface area contributed by atoms with Crippen LogP contribution in [0, 0.1) is 0 Å². The van der Waals surface area contributed by atoms with Gasteiger partial charge in [0, 0.05) is 11.6 Å². The SMILES string of the molecule is C=C(Cl)CNC(=O)c1cccc2c1OCCN2. The van der Waals surface area contributed by atoms with Crippen molar-refractivity contribution in [3.05, 3.63) is 35.4 Å². The van der Waals surface area contributed by atoms with Crippen LogP contribution < -0.4 is 15.4 Å². The third kappa shape index (κ3) is 2.71. The van der Waals surface area contributed by atoms with Gasteiger partial charge >= 0.3 is 0 Å². The molecule has 0 saturated carbocycles. The molecule has 1 aromatic carbocycles. The van der Waals surface area contributed by atoms with Crippen molar-refractivity contribution in [3.8, 4) is 5.75 Å². The minimum Gasteiger partial charge on any atom is -0.489 e. The van der Waals surface area contributed by atoms with Crippen LogP contribution in [0.25, 0.3) is 0 Å². The molecule has 1 aromatic rings. The summed E-state index contributed by atoms with van der Waals surface area (Å²) < 4.78 is 5.50. The first kappa shape index (κ1) is 11.8. The third-order valence-corrected chi connectivity index (χ3v) is 2.50. The maximum Gasteiger partial charge on any atom is 0.255 e. The molecule has 90 valence electrons. The molecule has 0 bridgehead atoms. The van der Waals surface area contributed by atoms with Crippen LogP contribution in [0.2, 0.25) is 0 Å². The molecular formula is C12H13ClN2O2. The van der Waals surface area contributed by atoms with Crippen molar-refractivity contribution >= 4 is 23.2 Å². The van der Waals surface area contributed by atoms with Gasteiger partial charge in [-0.2, -0.15) is 0 Å². The van der Waals surface area contributed by atoms with E-state index < -0.39 is 0 Å². The first-order valence-corrected chi connectivity index (χ1v) is 5.67. The van der Waals surface area contributed by atoms with Crippen molar-refractivity contribution in [2.24, 2.45) is 0 Å². The Balaban J connectivity index is 2.20. The van der Waals surface area contributed by atoms with Gasteiger partial charge in [0.1, 0.15) is 6.61 Å². The summed E-state index contributed by atoms with van der Waals surface area (Å²) in [6.45, 7) is 5.06. The Labute approximate surface area is 105 Å². The summed E-state index contributed by atoms with van der Waals surface area (Å²) in [7, 11) is 0. The predicted octanol–water partition coefficient (Wildman–Crippen LogP) is 1.97. The Morgan fingerprint density at radius 2 is 2.41 bits per heavy atom. The smallest absolute Gasteiger partial charge is 0.255 e. The Morgan fingerprint density at radius 3 is 3.18 bits per heavy atom. The third-order valence-electron chi connectivity index (χ3n) is 2.36. The molecule has 5 heteroatoms. The lowest BCUT2D eigenvalue weighted by molar-refractivity contribution is 0.0953. The number of rotatable bonds is 3. The molecule has 4 nitrogen and oxygen atoms in total. The van der Waals surface area contributed by atoms with Gasteiger partial charge in [-0.15, -0.1) is 0 Å². The summed E-state index contributed by atoms with van der Waals surface area (Å²) in [5.41, 5.74) is 1.35. The normalized spacial score (nSPS) is 13.0. The van der Waals surface area contributed by atoms with E-state index >= 15 is 0 Å². The molecule has 0 unspecified atom stereocenters. The number of benzene rings is 1. The molecule has 1 aliphatic rings. The molecule has 2 N–H and O–H groups in total. The highest BCUT2D eigenvalue weighted by atomic mass is 35.5. The van der Waals surface area contributed by atoms with Gasteiger partial charge in [0.15, 0.2) is 5.75 Å². The highest BCUT2D eigenvalue weighted by Gasteiger charge is 2.18. The molecule has 0 radical (unpaired) electrons. The number of nitrogens with one attached hydrogen (secondary N) is 2. The summed E-state index contributed by atoms with van der Waals surface area (Å²) in [5.74, 6) is 0.379. The van der Waals surface area contributed by atoms with Gasteiger partial charge in [-0.05, 0) is 12.1 Å². The minimum absolute atomic E-state index is 0.215. The lowest BCUT2D eigenvalue weighted by atomic mass is 10.1. The number of carbonyl (C=O) groups excluding carboxylic acids is 1. The second-order valence-corrected chi connectivity index (χ2v) is 4.19. The zero-order chi connectivity index (χ0) is 12.3. The topological polar surface area (TPSA) is 50.4 Å². The molecule has 0 saturated heterocycles. The van der Waals surface area contributed by atoms with Crippen LogP contribution in [0.5, 0.6) is 5.75 Å². The van der Waals surface area contributed by atoms with E-state index in [4.69, 9.17) is 16.3 Å². The van der Waals surface area contributed by atoms with Gasteiger partial charge in [-0.1, -0.05) is 24.2 Å². The largest absolute Gasteiger partial charge is 0.489 e. The number of carbonyl (C=O) groups is 1. The first-order chi connectivity index (χ1) is 8.18. The van der Waals surface area contributed by atoms with E-state index in [1.165, 1.54) is 0 Å². The van der Waals surface area contributed by atoms with E-state index in [-0.39, 0.29) is 12.5 Å². The van der Waals surface area contributed by atoms with Crippen molar-refractivity contribution in [1.82, 2.24) is 5.32 Å². The number of hydrogen-bond acceptors (Lipinski definition) is 3. The number of anilines is 1. The highest BCUT2D eigenvalue weighted by molar-refractivity contribution is 6.29. The van der Waals surface area contributed by atoms with Crippen molar-refractivity contribution < 1.29 is 9.53 Å². The van der Waals surface area contributed by atoms with E-state index in [0.29, 0.717) is 23.0 Å². The van der Waals surface area contributed by atoms with Crippen LogP contribution in [0.15, 0.2) is 29.8 Å². The number of amides is 1. The fourth-order valence-electron chi connectivity index (χ4n) is 1.62. The standard InChI is InChI=1S/C12H13ClN2O2/c1-8(13)7-15-12(16)9-3-2-4-10-11(9)17-6-5-14-10/h2-4,14H,1,5-7H2,(H,15,16). The van der Waals surface area contributed by atoms with Gasteiger partial charge in [0.25, 0.3) is 5.91 Å². The zero-order valence-corrected chi connectivity index (χ0v) is 10.0. The molecule has 0 spiro atoms. The molecule has 2 rings (SSSR count). The quantitative estimate of drug-likeness (QED) is 0.865. The molecule has 1 heterocycles. The fraction of sp³-hybridized carbons (Fsp3) is 0.250. The van der Waals surface area contributed by atoms with Crippen molar-refractivity contribution in [1.29, 1.82) is 0 Å². The maximum atomic E-state index is 11.9. The molecule has 0 aromatic heterocycles. The summed E-state index contributed by atoms with van der Waals surface area (Å²) >= 11 is 5.60. The lowest BCUT2D eigenvalue weighted by Gasteiger charge is -2.21. The van der Waals surface area contributed by atoms with Crippen LogP contribution in [0.3, 0.4) is 0 Å². The van der Waals surface area contributed by atoms with Gasteiger partial charge in [0.05, 0.1) is 17.8 Å². The number of fused-ring (bicyclic) bond motifs is 1. The van der Waals surface area contributed by atoms with Crippen molar-refractivity contribution in [2.45, 2.75) is 0 Å². The van der Waals surface area contributed by atoms with Crippen LogP contribution in [-0.4, -0.2) is 25.6 Å². The van der Waals surface area contributed by atoms with Gasteiger partial charge in [-0.25, -0.2) is 0 Å². The van der Waals surface area contributed by atoms with Gasteiger partial charge in [-0.3, -0.25) is 4.79 Å². The lowest BCUT2D eigenvalue weighted by Crippen LogP contribution is -2.27. The van der Waals surface area contributed by atoms with Crippen LogP contribution in [0.1, 0.15) is 10.4 Å². The van der Waals surface area contributed by atoms with E-state index in [9.17, 15) is 4.79 Å². The zero-order valence-electron chi connectivity index (χ0n) is 9.25. The number of ether oxygens (including phenoxy) is 1. The molecule has 0 fully saturated rings. The Bertz CT molecular complexity index is 460. The van der Waals surface area contributed by atoms with Crippen molar-refractivity contribution in [3.63, 3.8) is 0 Å².